The van der Waals surface area contributed by atoms with E-state index in [9.17, 15) is 0 Å². The van der Waals surface area contributed by atoms with Gasteiger partial charge in [-0.05, 0) is 0 Å². The van der Waals surface area contributed by atoms with Crippen LogP contribution in [0.2, 0.25) is 0 Å². The Kier molecular flexibility index (Phi) is 113000. The van der Waals surface area contributed by atoms with Gasteiger partial charge < -0.3 is 112 Å². The van der Waals surface area contributed by atoms with Crippen molar-refractivity contribution in [3.8, 4) is 0 Å². The molecule has 0 amide bonds. The van der Waals surface area contributed by atoms with Gasteiger partial charge >= 0.3 is 17.1 Å². The molecule has 0 unspecified atom stereocenters. The molecule has 0 atom stereocenters. The number of nitrogens with zero attached hydrogens (tertiary/aromatic N) is 13. The summed E-state index contributed by atoms with van der Waals surface area (Å²) in [7, 11) is 0. The Morgan fingerprint density at radius 1 is 0.400 bits per heavy atom. The molecule has 27 nitrogen and oxygen atoms in total. The molecule has 0 heterocycles. The maximum absolute atomic E-state index is 8.11. The molecule has 0 fully saturated rings. The van der Waals surface area contributed by atoms with E-state index < -0.39 is 0 Å². The molecule has 1 radical (unpaired) electrons. The minimum Gasteiger partial charge on any atom is -0.512 e. The second-order valence-corrected chi connectivity index (χ2v) is 0.564. The second-order valence-electron chi connectivity index (χ2n) is 0.564. The van der Waals surface area contributed by atoms with Crippen LogP contribution >= 0.6 is 0 Å². The van der Waals surface area contributed by atoms with Crippen LogP contribution in [0.5, 0.6) is 0 Å². The van der Waals surface area contributed by atoms with Crippen molar-refractivity contribution in [2.24, 2.45) is 37.4 Å². The fourth-order valence-electron chi connectivity index (χ4n) is 0. The molecule has 0 aromatic rings. The normalized spacial score (nSPS) is 2.74. The van der Waals surface area contributed by atoms with Gasteiger partial charge in [0.05, 0.1) is 0 Å². The van der Waals surface area contributed by atoms with Crippen LogP contribution in [0, 0.1) is 111 Å². The zero-order chi connectivity index (χ0) is 30.9. The average molecular weight is 599 g/mol. The molecule has 0 bridgehead atoms. The SMILES string of the molecule is O=NO.O=NO.O=NO.O=NO.O=NO.O=NO.O=N[O-].[C-]#N.[C-]#N.[C-]#N.[C-]#N.[C-]#N.[C-]#N.[Co].[Fe+6]. The molecule has 0 rings (SSSR count). The van der Waals surface area contributed by atoms with Crippen LogP contribution in [-0.2, 0) is 33.8 Å². The Morgan fingerprint density at radius 3 is 0.400 bits per heavy atom. The molecule has 197 valence electrons. The number of hydrogen-bond acceptors (Lipinski definition) is 21. The second kappa shape index (κ2) is 33900. The molecule has 35 heavy (non-hydrogen) atoms. The van der Waals surface area contributed by atoms with E-state index >= 15 is 0 Å². The van der Waals surface area contributed by atoms with E-state index in [-0.39, 0.29) is 33.8 Å². The molecule has 0 aromatic heterocycles. The fourth-order valence-corrected chi connectivity index (χ4v) is 0. The van der Waals surface area contributed by atoms with Crippen molar-refractivity contribution < 1.29 is 65.1 Å². The van der Waals surface area contributed by atoms with E-state index in [2.05, 4.69) is 0 Å². The van der Waals surface area contributed by atoms with Crippen LogP contribution in [0.25, 0.3) is 0 Å². The van der Waals surface area contributed by atoms with Crippen LogP contribution in [0.4, 0.5) is 0 Å². The van der Waals surface area contributed by atoms with E-state index in [0.717, 1.165) is 5.34 Å². The van der Waals surface area contributed by atoms with Crippen molar-refractivity contribution in [1.29, 1.82) is 31.6 Å². The zero-order valence-electron chi connectivity index (χ0n) is 15.4. The Morgan fingerprint density at radius 2 is 0.400 bits per heavy atom. The number of rotatable bonds is 0. The third kappa shape index (κ3) is 474. The quantitative estimate of drug-likeness (QED) is 0.0997. The average Bonchev–Trinajstić information content (AvgIpc) is 2.85. The van der Waals surface area contributed by atoms with Crippen molar-refractivity contribution >= 4 is 0 Å². The van der Waals surface area contributed by atoms with Gasteiger partial charge in [0.2, 0.25) is 0 Å². The standard InChI is InChI=1S/6CN.Co.Fe.7HNO2/c6*1-2;;;7*2-1-3/h;;;;;;;;7*(H,2,3)/q6*-1;;+6;;;;;;;/p-1. The van der Waals surface area contributed by atoms with Crippen molar-refractivity contribution in [3.05, 3.63) is 79.0 Å². The van der Waals surface area contributed by atoms with Crippen LogP contribution in [-0.4, -0.2) is 31.2 Å². The summed E-state index contributed by atoms with van der Waals surface area (Å²) < 4.78 is 0. The van der Waals surface area contributed by atoms with Crippen molar-refractivity contribution in [3.63, 3.8) is 0 Å². The predicted molar refractivity (Wildman–Crippen MR) is 84.5 cm³/mol. The van der Waals surface area contributed by atoms with Crippen molar-refractivity contribution in [2.45, 2.75) is 0 Å². The van der Waals surface area contributed by atoms with Crippen LogP contribution < -0.4 is 0 Å². The first-order valence-electron chi connectivity index (χ1n) is 4.00. The summed E-state index contributed by atoms with van der Waals surface area (Å²) in [6.07, 6.45) is 0. The van der Waals surface area contributed by atoms with Crippen molar-refractivity contribution in [1.82, 2.24) is 0 Å². The Hall–Kier alpha value is -6.23. The molecule has 0 aliphatic rings. The molecule has 0 aliphatic carbocycles. The molecule has 0 saturated heterocycles. The van der Waals surface area contributed by atoms with Gasteiger partial charge in [-0.1, -0.05) is 0 Å². The van der Waals surface area contributed by atoms with Crippen molar-refractivity contribution in [2.75, 3.05) is 0 Å². The van der Waals surface area contributed by atoms with E-state index in [1.165, 1.54) is 32.0 Å². The smallest absolute Gasteiger partial charge is 0.512 e. The summed E-state index contributed by atoms with van der Waals surface area (Å²) in [6.45, 7) is 28.5. The topological polar surface area (TPSA) is 493 Å². The van der Waals surface area contributed by atoms with Gasteiger partial charge in [-0.3, -0.25) is 0 Å². The first-order valence-corrected chi connectivity index (χ1v) is 4.00. The van der Waals surface area contributed by atoms with Gasteiger partial charge in [-0.25, -0.2) is 0 Å². The fraction of sp³-hybridized carbons (Fsp3) is 0. The minimum atomic E-state index is 0. The molecule has 0 saturated carbocycles. The van der Waals surface area contributed by atoms with Gasteiger partial charge in [0.15, 0.2) is 32.0 Å². The Balaban J connectivity index is -0.00000000953. The molecule has 0 spiro atoms. The van der Waals surface area contributed by atoms with Gasteiger partial charge in [-0.2, -0.15) is 0 Å². The van der Waals surface area contributed by atoms with E-state index in [4.69, 9.17) is 142 Å². The summed E-state index contributed by atoms with van der Waals surface area (Å²) in [5, 5.41) is 93.8. The van der Waals surface area contributed by atoms with Crippen LogP contribution in [0.3, 0.4) is 0 Å². The number of hydrogen-bond donors (Lipinski definition) is 6. The van der Waals surface area contributed by atoms with Gasteiger partial charge in [0.1, 0.15) is 0 Å². The maximum atomic E-state index is 8.11. The maximum Gasteiger partial charge on any atom is 6.00 e. The molecular weight excluding hydrogens is 593 g/mol. The predicted octanol–water partition coefficient (Wildman–Crippen LogP) is 1.68. The van der Waals surface area contributed by atoms with Crippen LogP contribution in [0.1, 0.15) is 0 Å². The van der Waals surface area contributed by atoms with Crippen LogP contribution in [0.15, 0.2) is 37.4 Å². The summed E-state index contributed by atoms with van der Waals surface area (Å²) in [5.74, 6) is 0. The third-order valence-electron chi connectivity index (χ3n) is 0. The minimum absolute atomic E-state index is 0. The first-order chi connectivity index (χ1) is 15.9. The molecule has 0 aromatic carbocycles. The third-order valence-corrected chi connectivity index (χ3v) is 0. The molecule has 29 heteroatoms. The Labute approximate surface area is 213 Å². The summed E-state index contributed by atoms with van der Waals surface area (Å²) in [6, 6.07) is 0. The van der Waals surface area contributed by atoms with E-state index in [1.54, 1.807) is 0 Å². The first kappa shape index (κ1) is 117. The molecule has 0 aliphatic heterocycles. The van der Waals surface area contributed by atoms with Gasteiger partial charge in [0.25, 0.3) is 0 Å². The summed E-state index contributed by atoms with van der Waals surface area (Å²) in [4.78, 5) is 56.7. The van der Waals surface area contributed by atoms with E-state index in [1.807, 2.05) is 0 Å². The van der Waals surface area contributed by atoms with Gasteiger partial charge in [-0.15, -0.1) is 34.8 Å². The summed E-state index contributed by atoms with van der Waals surface area (Å²) in [5.41, 5.74) is 0. The summed E-state index contributed by atoms with van der Waals surface area (Å²) >= 11 is 0. The largest absolute Gasteiger partial charge is 6.00 e. The molecular formula is C6H6CoFeN13O14-. The molecule has 6 N–H and O–H groups in total. The monoisotopic (exact) mass is 599 g/mol. The zero-order valence-corrected chi connectivity index (χ0v) is 17.6. The van der Waals surface area contributed by atoms with Gasteiger partial charge in [0, 0.05) is 16.8 Å². The Bertz CT molecular complexity index is 327. The van der Waals surface area contributed by atoms with E-state index in [0.29, 0.717) is 0 Å².